The van der Waals surface area contributed by atoms with Crippen LogP contribution in [0.15, 0.2) is 11.6 Å². The second-order valence-corrected chi connectivity index (χ2v) is 5.86. The summed E-state index contributed by atoms with van der Waals surface area (Å²) in [5.74, 6) is -1.13. The van der Waals surface area contributed by atoms with Crippen LogP contribution in [0, 0.1) is 13.8 Å². The normalized spacial score (nSPS) is 16.1. The van der Waals surface area contributed by atoms with E-state index in [2.05, 4.69) is 18.4 Å². The highest BCUT2D eigenvalue weighted by Crippen LogP contribution is 2.24. The molecule has 1 saturated heterocycles. The minimum Gasteiger partial charge on any atom is -0.346 e. The second-order valence-electron chi connectivity index (χ2n) is 5.86. The van der Waals surface area contributed by atoms with Gasteiger partial charge in [0, 0.05) is 31.5 Å². The Balaban J connectivity index is 2.53. The molecule has 1 aliphatic rings. The van der Waals surface area contributed by atoms with Crippen molar-refractivity contribution >= 4 is 23.9 Å². The minimum absolute atomic E-state index is 0.00797. The van der Waals surface area contributed by atoms with Crippen molar-refractivity contribution < 1.29 is 14.4 Å². The van der Waals surface area contributed by atoms with Gasteiger partial charge in [-0.25, -0.2) is 4.79 Å². The summed E-state index contributed by atoms with van der Waals surface area (Å²) in [6, 6.07) is 1.62. The molecule has 0 atom stereocenters. The molecule has 1 aromatic heterocycles. The third kappa shape index (κ3) is 2.34. The number of rotatable bonds is 2. The third-order valence-corrected chi connectivity index (χ3v) is 3.98. The Kier molecular flexibility index (Phi) is 3.96. The monoisotopic (exact) mass is 303 g/mol. The lowest BCUT2D eigenvalue weighted by molar-refractivity contribution is -0.134. The molecule has 6 nitrogen and oxygen atoms in total. The Morgan fingerprint density at radius 1 is 1.00 bits per heavy atom. The van der Waals surface area contributed by atoms with Crippen molar-refractivity contribution in [3.63, 3.8) is 0 Å². The van der Waals surface area contributed by atoms with Gasteiger partial charge in [0.1, 0.15) is 5.57 Å². The van der Waals surface area contributed by atoms with Gasteiger partial charge in [-0.3, -0.25) is 19.4 Å². The summed E-state index contributed by atoms with van der Waals surface area (Å²) in [5.41, 5.74) is 2.88. The van der Waals surface area contributed by atoms with Crippen LogP contribution >= 0.6 is 0 Å². The largest absolute Gasteiger partial charge is 0.346 e. The molecule has 22 heavy (non-hydrogen) atoms. The Bertz CT molecular complexity index is 672. The quantitative estimate of drug-likeness (QED) is 0.621. The average Bonchev–Trinajstić information content (AvgIpc) is 2.73. The smallest absolute Gasteiger partial charge is 0.333 e. The molecule has 2 heterocycles. The van der Waals surface area contributed by atoms with Crippen LogP contribution in [0.1, 0.15) is 36.8 Å². The average molecular weight is 303 g/mol. The number of amides is 4. The van der Waals surface area contributed by atoms with Gasteiger partial charge in [-0.1, -0.05) is 0 Å². The van der Waals surface area contributed by atoms with E-state index in [1.807, 2.05) is 19.9 Å². The Labute approximate surface area is 130 Å². The van der Waals surface area contributed by atoms with Crippen molar-refractivity contribution in [1.82, 2.24) is 14.4 Å². The van der Waals surface area contributed by atoms with Gasteiger partial charge in [-0.2, -0.15) is 0 Å². The van der Waals surface area contributed by atoms with E-state index < -0.39 is 17.8 Å². The molecule has 0 unspecified atom stereocenters. The first-order chi connectivity index (χ1) is 10.2. The standard InChI is InChI=1S/C16H21N3O3/c1-9(2)19-10(3)7-12(11(19)4)8-13-14(20)17(5)16(22)18(6)15(13)21/h7-9H,1-6H3. The first kappa shape index (κ1) is 16.0. The first-order valence-corrected chi connectivity index (χ1v) is 7.17. The van der Waals surface area contributed by atoms with Crippen molar-refractivity contribution in [2.24, 2.45) is 0 Å². The highest BCUT2D eigenvalue weighted by molar-refractivity contribution is 6.30. The SMILES string of the molecule is Cc1cc(C=C2C(=O)N(C)C(=O)N(C)C2=O)c(C)n1C(C)C. The molecule has 4 amide bonds. The molecule has 2 rings (SSSR count). The van der Waals surface area contributed by atoms with Crippen molar-refractivity contribution in [2.75, 3.05) is 14.1 Å². The van der Waals surface area contributed by atoms with Crippen LogP contribution in [0.5, 0.6) is 0 Å². The van der Waals surface area contributed by atoms with Crippen LogP contribution in [-0.4, -0.2) is 46.3 Å². The number of carbonyl (C=O) groups excluding carboxylic acids is 3. The fraction of sp³-hybridized carbons (Fsp3) is 0.438. The molecule has 0 aromatic carbocycles. The predicted octanol–water partition coefficient (Wildman–Crippen LogP) is 2.12. The van der Waals surface area contributed by atoms with Crippen LogP contribution in [0.4, 0.5) is 4.79 Å². The minimum atomic E-state index is -0.611. The molecule has 6 heteroatoms. The summed E-state index contributed by atoms with van der Waals surface area (Å²) < 4.78 is 2.14. The number of likely N-dealkylation sites (N-methyl/N-ethyl adjacent to an activating group) is 2. The van der Waals surface area contributed by atoms with Gasteiger partial charge in [-0.15, -0.1) is 0 Å². The highest BCUT2D eigenvalue weighted by Gasteiger charge is 2.37. The van der Waals surface area contributed by atoms with Gasteiger partial charge in [0.2, 0.25) is 0 Å². The molecule has 118 valence electrons. The number of barbiturate groups is 1. The van der Waals surface area contributed by atoms with Gasteiger partial charge >= 0.3 is 6.03 Å². The molecule has 1 aliphatic heterocycles. The zero-order valence-electron chi connectivity index (χ0n) is 13.8. The van der Waals surface area contributed by atoms with E-state index >= 15 is 0 Å². The first-order valence-electron chi connectivity index (χ1n) is 7.17. The Morgan fingerprint density at radius 2 is 1.50 bits per heavy atom. The number of aromatic nitrogens is 1. The summed E-state index contributed by atoms with van der Waals surface area (Å²) >= 11 is 0. The number of urea groups is 1. The van der Waals surface area contributed by atoms with Gasteiger partial charge in [0.15, 0.2) is 0 Å². The summed E-state index contributed by atoms with van der Waals surface area (Å²) in [4.78, 5) is 38.1. The second kappa shape index (κ2) is 5.44. The Morgan fingerprint density at radius 3 is 1.91 bits per heavy atom. The van der Waals surface area contributed by atoms with Crippen molar-refractivity contribution in [1.29, 1.82) is 0 Å². The Hall–Kier alpha value is -2.37. The zero-order chi connectivity index (χ0) is 16.8. The maximum Gasteiger partial charge on any atom is 0.333 e. The van der Waals surface area contributed by atoms with E-state index in [4.69, 9.17) is 0 Å². The summed E-state index contributed by atoms with van der Waals surface area (Å²) in [6.45, 7) is 8.10. The number of imide groups is 2. The van der Waals surface area contributed by atoms with Crippen molar-refractivity contribution in [3.05, 3.63) is 28.6 Å². The third-order valence-electron chi connectivity index (χ3n) is 3.98. The van der Waals surface area contributed by atoms with Crippen LogP contribution in [-0.2, 0) is 9.59 Å². The molecule has 1 aromatic rings. The zero-order valence-corrected chi connectivity index (χ0v) is 13.8. The predicted molar refractivity (Wildman–Crippen MR) is 83.2 cm³/mol. The molecule has 0 spiro atoms. The van der Waals surface area contributed by atoms with E-state index in [9.17, 15) is 14.4 Å². The van der Waals surface area contributed by atoms with Crippen LogP contribution < -0.4 is 0 Å². The van der Waals surface area contributed by atoms with Crippen molar-refractivity contribution in [3.8, 4) is 0 Å². The fourth-order valence-electron chi connectivity index (χ4n) is 2.87. The molecule has 1 fully saturated rings. The van der Waals surface area contributed by atoms with Gasteiger partial charge in [0.05, 0.1) is 0 Å². The van der Waals surface area contributed by atoms with Crippen LogP contribution in [0.3, 0.4) is 0 Å². The topological polar surface area (TPSA) is 62.6 Å². The van der Waals surface area contributed by atoms with Gasteiger partial charge in [0.25, 0.3) is 11.8 Å². The lowest BCUT2D eigenvalue weighted by Gasteiger charge is -2.28. The van der Waals surface area contributed by atoms with Crippen LogP contribution in [0.25, 0.3) is 6.08 Å². The van der Waals surface area contributed by atoms with E-state index in [0.29, 0.717) is 0 Å². The van der Waals surface area contributed by atoms with Gasteiger partial charge in [-0.05, 0) is 45.4 Å². The van der Waals surface area contributed by atoms with E-state index in [1.165, 1.54) is 14.1 Å². The fourth-order valence-corrected chi connectivity index (χ4v) is 2.87. The molecule has 0 radical (unpaired) electrons. The highest BCUT2D eigenvalue weighted by atomic mass is 16.2. The number of nitrogens with zero attached hydrogens (tertiary/aromatic N) is 3. The lowest BCUT2D eigenvalue weighted by Crippen LogP contribution is -2.52. The van der Waals surface area contributed by atoms with Crippen LogP contribution in [0.2, 0.25) is 0 Å². The van der Waals surface area contributed by atoms with Crippen molar-refractivity contribution in [2.45, 2.75) is 33.7 Å². The summed E-state index contributed by atoms with van der Waals surface area (Å²) in [7, 11) is 2.75. The number of aryl methyl sites for hydroxylation is 1. The van der Waals surface area contributed by atoms with E-state index in [1.54, 1.807) is 6.08 Å². The maximum atomic E-state index is 12.2. The molecule has 0 bridgehead atoms. The lowest BCUT2D eigenvalue weighted by atomic mass is 10.1. The molecule has 0 aliphatic carbocycles. The molecular weight excluding hydrogens is 282 g/mol. The number of hydrogen-bond acceptors (Lipinski definition) is 3. The number of hydrogen-bond donors (Lipinski definition) is 0. The number of carbonyl (C=O) groups is 3. The van der Waals surface area contributed by atoms with Gasteiger partial charge < -0.3 is 4.57 Å². The molecule has 0 N–H and O–H groups in total. The maximum absolute atomic E-state index is 12.2. The molecule has 0 saturated carbocycles. The molecular formula is C16H21N3O3. The summed E-state index contributed by atoms with van der Waals surface area (Å²) in [6.07, 6.45) is 1.57. The van der Waals surface area contributed by atoms with E-state index in [-0.39, 0.29) is 11.6 Å². The summed E-state index contributed by atoms with van der Waals surface area (Å²) in [5, 5.41) is 0. The van der Waals surface area contributed by atoms with E-state index in [0.717, 1.165) is 26.8 Å².